The lowest BCUT2D eigenvalue weighted by atomic mass is 9.86. The van der Waals surface area contributed by atoms with E-state index in [0.717, 1.165) is 40.8 Å². The van der Waals surface area contributed by atoms with Crippen LogP contribution in [0.15, 0.2) is 18.2 Å². The third-order valence-corrected chi connectivity index (χ3v) is 8.50. The summed E-state index contributed by atoms with van der Waals surface area (Å²) in [5.74, 6) is -0.157. The molecule has 0 aliphatic heterocycles. The molecule has 0 unspecified atom stereocenters. The number of nitrogens with one attached hydrogen (secondary N) is 1. The van der Waals surface area contributed by atoms with Crippen molar-refractivity contribution in [2.24, 2.45) is 5.92 Å². The molecule has 2 aromatic heterocycles. The van der Waals surface area contributed by atoms with Gasteiger partial charge in [-0.2, -0.15) is 0 Å². The van der Waals surface area contributed by atoms with E-state index >= 15 is 0 Å². The van der Waals surface area contributed by atoms with Gasteiger partial charge in [0.15, 0.2) is 0 Å². The summed E-state index contributed by atoms with van der Waals surface area (Å²) in [5, 5.41) is 4.96. The summed E-state index contributed by atoms with van der Waals surface area (Å²) < 4.78 is 5.85. The maximum atomic E-state index is 13.0. The maximum absolute atomic E-state index is 13.0. The number of methoxy groups -OCH3 is 1. The molecule has 0 bridgehead atoms. The highest BCUT2D eigenvalue weighted by Gasteiger charge is 2.30. The first-order valence-electron chi connectivity index (χ1n) is 9.35. The Balaban J connectivity index is 1.72. The molecule has 4 rings (SSSR count). The number of benzene rings is 1. The Morgan fingerprint density at radius 3 is 2.76 bits per heavy atom. The standard InChI is InChI=1S/C21H19Cl2NO3S2/c1-3-10-7-8-11-14(9-10)29-20(15(11)21(26)27-2)24-19(25)18-17(23)16-12(22)5-4-6-13(16)28-18/h4-6,10H,3,7-9H2,1-2H3,(H,24,25)/t10-/m0/s1. The van der Waals surface area contributed by atoms with Gasteiger partial charge in [0, 0.05) is 15.0 Å². The van der Waals surface area contributed by atoms with Gasteiger partial charge in [-0.3, -0.25) is 4.79 Å². The van der Waals surface area contributed by atoms with Crippen LogP contribution in [0.5, 0.6) is 0 Å². The van der Waals surface area contributed by atoms with E-state index in [1.807, 2.05) is 12.1 Å². The minimum Gasteiger partial charge on any atom is -0.465 e. The van der Waals surface area contributed by atoms with E-state index in [1.165, 1.54) is 29.8 Å². The number of carbonyl (C=O) groups excluding carboxylic acids is 2. The van der Waals surface area contributed by atoms with E-state index in [9.17, 15) is 9.59 Å². The van der Waals surface area contributed by atoms with E-state index < -0.39 is 5.97 Å². The molecule has 1 aliphatic carbocycles. The van der Waals surface area contributed by atoms with Crippen LogP contribution in [0.2, 0.25) is 10.0 Å². The topological polar surface area (TPSA) is 55.4 Å². The number of ether oxygens (including phenoxy) is 1. The Morgan fingerprint density at radius 1 is 1.28 bits per heavy atom. The van der Waals surface area contributed by atoms with Gasteiger partial charge in [-0.05, 0) is 42.9 Å². The maximum Gasteiger partial charge on any atom is 0.341 e. The average Bonchev–Trinajstić information content (AvgIpc) is 3.24. The third kappa shape index (κ3) is 3.67. The van der Waals surface area contributed by atoms with E-state index in [-0.39, 0.29) is 5.91 Å². The summed E-state index contributed by atoms with van der Waals surface area (Å²) >= 11 is 15.5. The number of amides is 1. The van der Waals surface area contributed by atoms with Crippen LogP contribution in [0.3, 0.4) is 0 Å². The van der Waals surface area contributed by atoms with Gasteiger partial charge in [-0.25, -0.2) is 4.79 Å². The number of thiophene rings is 2. The molecule has 1 atom stereocenters. The number of hydrogen-bond donors (Lipinski definition) is 1. The summed E-state index contributed by atoms with van der Waals surface area (Å²) in [7, 11) is 1.36. The van der Waals surface area contributed by atoms with Crippen molar-refractivity contribution in [3.05, 3.63) is 49.1 Å². The van der Waals surface area contributed by atoms with Gasteiger partial charge < -0.3 is 10.1 Å². The minimum atomic E-state index is -0.418. The van der Waals surface area contributed by atoms with E-state index in [4.69, 9.17) is 27.9 Å². The predicted molar refractivity (Wildman–Crippen MR) is 121 cm³/mol. The van der Waals surface area contributed by atoms with Crippen molar-refractivity contribution in [1.29, 1.82) is 0 Å². The molecule has 0 saturated carbocycles. The van der Waals surface area contributed by atoms with Gasteiger partial charge in [-0.1, -0.05) is 42.6 Å². The normalized spacial score (nSPS) is 15.9. The Kier molecular flexibility index (Phi) is 5.89. The van der Waals surface area contributed by atoms with Crippen LogP contribution in [0, 0.1) is 5.92 Å². The van der Waals surface area contributed by atoms with Crippen LogP contribution < -0.4 is 5.32 Å². The third-order valence-electron chi connectivity index (χ3n) is 5.37. The van der Waals surface area contributed by atoms with Crippen molar-refractivity contribution in [1.82, 2.24) is 0 Å². The molecule has 4 nitrogen and oxygen atoms in total. The molecule has 29 heavy (non-hydrogen) atoms. The van der Waals surface area contributed by atoms with Gasteiger partial charge in [0.05, 0.1) is 22.7 Å². The molecule has 0 saturated heterocycles. The molecule has 0 radical (unpaired) electrons. The van der Waals surface area contributed by atoms with Crippen molar-refractivity contribution in [2.45, 2.75) is 32.6 Å². The van der Waals surface area contributed by atoms with Crippen molar-refractivity contribution in [2.75, 3.05) is 12.4 Å². The van der Waals surface area contributed by atoms with E-state index in [1.54, 1.807) is 6.07 Å². The highest BCUT2D eigenvalue weighted by Crippen LogP contribution is 2.43. The van der Waals surface area contributed by atoms with Crippen molar-refractivity contribution in [3.63, 3.8) is 0 Å². The van der Waals surface area contributed by atoms with Crippen molar-refractivity contribution >= 4 is 72.8 Å². The molecule has 1 aromatic carbocycles. The average molecular weight is 468 g/mol. The number of halogens is 2. The molecule has 2 heterocycles. The Hall–Kier alpha value is -1.60. The van der Waals surface area contributed by atoms with Crippen LogP contribution in [0.25, 0.3) is 10.1 Å². The van der Waals surface area contributed by atoms with E-state index in [2.05, 4.69) is 12.2 Å². The first-order valence-corrected chi connectivity index (χ1v) is 11.7. The molecule has 3 aromatic rings. The van der Waals surface area contributed by atoms with Gasteiger partial charge >= 0.3 is 5.97 Å². The zero-order valence-corrected chi connectivity index (χ0v) is 19.1. The first kappa shape index (κ1) is 20.7. The highest BCUT2D eigenvalue weighted by molar-refractivity contribution is 7.22. The SMILES string of the molecule is CC[C@H]1CCc2c(sc(NC(=O)c3sc4cccc(Cl)c4c3Cl)c2C(=O)OC)C1. The Morgan fingerprint density at radius 2 is 2.07 bits per heavy atom. The summed E-state index contributed by atoms with van der Waals surface area (Å²) in [6, 6.07) is 5.45. The largest absolute Gasteiger partial charge is 0.465 e. The number of hydrogen-bond acceptors (Lipinski definition) is 5. The fourth-order valence-electron chi connectivity index (χ4n) is 3.79. The molecule has 1 aliphatic rings. The molecule has 1 N–H and O–H groups in total. The number of esters is 1. The van der Waals surface area contributed by atoms with Crippen LogP contribution in [-0.2, 0) is 17.6 Å². The zero-order valence-electron chi connectivity index (χ0n) is 15.9. The van der Waals surface area contributed by atoms with Crippen LogP contribution >= 0.6 is 45.9 Å². The van der Waals surface area contributed by atoms with E-state index in [0.29, 0.717) is 36.8 Å². The zero-order chi connectivity index (χ0) is 20.7. The highest BCUT2D eigenvalue weighted by atomic mass is 35.5. The number of rotatable bonds is 4. The minimum absolute atomic E-state index is 0.333. The molecule has 8 heteroatoms. The number of carbonyl (C=O) groups is 2. The molecular formula is C21H19Cl2NO3S2. The summed E-state index contributed by atoms with van der Waals surface area (Å²) in [6.45, 7) is 2.18. The number of fused-ring (bicyclic) bond motifs is 2. The molecule has 0 fully saturated rings. The van der Waals surface area contributed by atoms with Crippen molar-refractivity contribution in [3.8, 4) is 0 Å². The number of anilines is 1. The predicted octanol–water partition coefficient (Wildman–Crippen LogP) is 6.82. The second-order valence-electron chi connectivity index (χ2n) is 7.03. The molecular weight excluding hydrogens is 449 g/mol. The van der Waals surface area contributed by atoms with Gasteiger partial charge in [0.2, 0.25) is 0 Å². The second-order valence-corrected chi connectivity index (χ2v) is 9.97. The first-order chi connectivity index (χ1) is 13.9. The fraction of sp³-hybridized carbons (Fsp3) is 0.333. The molecule has 1 amide bonds. The summed E-state index contributed by atoms with van der Waals surface area (Å²) in [4.78, 5) is 27.1. The Bertz CT molecular complexity index is 1120. The lowest BCUT2D eigenvalue weighted by Crippen LogP contribution is -2.16. The quantitative estimate of drug-likeness (QED) is 0.428. The Labute approximate surface area is 186 Å². The lowest BCUT2D eigenvalue weighted by molar-refractivity contribution is 0.0601. The smallest absolute Gasteiger partial charge is 0.341 e. The van der Waals surface area contributed by atoms with Gasteiger partial charge in [-0.15, -0.1) is 22.7 Å². The van der Waals surface area contributed by atoms with Crippen molar-refractivity contribution < 1.29 is 14.3 Å². The molecule has 152 valence electrons. The monoisotopic (exact) mass is 467 g/mol. The lowest BCUT2D eigenvalue weighted by Gasteiger charge is -2.20. The summed E-state index contributed by atoms with van der Waals surface area (Å²) in [6.07, 6.45) is 3.89. The van der Waals surface area contributed by atoms with Crippen LogP contribution in [0.4, 0.5) is 5.00 Å². The molecule has 0 spiro atoms. The van der Waals surface area contributed by atoms with Gasteiger partial charge in [0.25, 0.3) is 5.91 Å². The fourth-order valence-corrected chi connectivity index (χ4v) is 6.98. The van der Waals surface area contributed by atoms with Crippen LogP contribution in [-0.4, -0.2) is 19.0 Å². The second kappa shape index (κ2) is 8.26. The van der Waals surface area contributed by atoms with Gasteiger partial charge in [0.1, 0.15) is 9.88 Å². The van der Waals surface area contributed by atoms with Crippen LogP contribution in [0.1, 0.15) is 50.2 Å². The summed E-state index contributed by atoms with van der Waals surface area (Å²) in [5.41, 5.74) is 1.48.